The van der Waals surface area contributed by atoms with Gasteiger partial charge in [0.05, 0.1) is 30.7 Å². The minimum atomic E-state index is -0.697. The summed E-state index contributed by atoms with van der Waals surface area (Å²) < 4.78 is 17.5. The van der Waals surface area contributed by atoms with Crippen molar-refractivity contribution in [3.05, 3.63) is 81.2 Å². The molecule has 4 aromatic rings. The highest BCUT2D eigenvalue weighted by molar-refractivity contribution is 7.13. The number of hydrogen-bond donors (Lipinski definition) is 0. The monoisotopic (exact) mass is 476 g/mol. The van der Waals surface area contributed by atoms with Crippen molar-refractivity contribution >= 4 is 33.3 Å². The van der Waals surface area contributed by atoms with Gasteiger partial charge in [0.25, 0.3) is 5.91 Å². The number of thiazole rings is 1. The second-order valence-corrected chi connectivity index (χ2v) is 8.90. The summed E-state index contributed by atoms with van der Waals surface area (Å²) in [5.74, 6) is 0.817. The SMILES string of the molecule is CCCCCOc1ccc([C@@H]2c3c(oc4ccccc4c3=O)C(=O)N2c2nccs2)cc1OC. The summed E-state index contributed by atoms with van der Waals surface area (Å²) in [6.45, 7) is 2.74. The van der Waals surface area contributed by atoms with E-state index in [1.165, 1.54) is 16.2 Å². The fraction of sp³-hybridized carbons (Fsp3) is 0.269. The minimum Gasteiger partial charge on any atom is -0.493 e. The summed E-state index contributed by atoms with van der Waals surface area (Å²) in [5.41, 5.74) is 1.17. The lowest BCUT2D eigenvalue weighted by atomic mass is 9.98. The molecule has 7 nitrogen and oxygen atoms in total. The van der Waals surface area contributed by atoms with Crippen molar-refractivity contribution in [3.63, 3.8) is 0 Å². The molecule has 0 fully saturated rings. The molecule has 0 bridgehead atoms. The molecule has 1 amide bonds. The molecule has 2 aromatic heterocycles. The number of aromatic nitrogens is 1. The van der Waals surface area contributed by atoms with Gasteiger partial charge in [0.2, 0.25) is 5.76 Å². The van der Waals surface area contributed by atoms with Crippen LogP contribution in [0.5, 0.6) is 11.5 Å². The first kappa shape index (κ1) is 22.2. The van der Waals surface area contributed by atoms with E-state index in [4.69, 9.17) is 13.9 Å². The number of fused-ring (bicyclic) bond motifs is 2. The molecule has 8 heteroatoms. The fourth-order valence-electron chi connectivity index (χ4n) is 4.27. The molecule has 2 aromatic carbocycles. The number of benzene rings is 2. The largest absolute Gasteiger partial charge is 0.493 e. The summed E-state index contributed by atoms with van der Waals surface area (Å²) in [6, 6.07) is 11.8. The van der Waals surface area contributed by atoms with E-state index in [0.717, 1.165) is 19.3 Å². The number of unbranched alkanes of at least 4 members (excludes halogenated alkanes) is 2. The predicted octanol–water partition coefficient (Wildman–Crippen LogP) is 5.58. The topological polar surface area (TPSA) is 81.9 Å². The van der Waals surface area contributed by atoms with E-state index in [9.17, 15) is 9.59 Å². The molecule has 0 radical (unpaired) electrons. The van der Waals surface area contributed by atoms with Gasteiger partial charge in [0.15, 0.2) is 22.1 Å². The maximum atomic E-state index is 13.6. The van der Waals surface area contributed by atoms with Gasteiger partial charge in [-0.2, -0.15) is 0 Å². The maximum Gasteiger partial charge on any atom is 0.297 e. The van der Waals surface area contributed by atoms with Crippen molar-refractivity contribution in [1.82, 2.24) is 4.98 Å². The molecule has 34 heavy (non-hydrogen) atoms. The fourth-order valence-corrected chi connectivity index (χ4v) is 4.94. The second kappa shape index (κ2) is 9.30. The Bertz CT molecular complexity index is 1400. The molecule has 0 saturated carbocycles. The van der Waals surface area contributed by atoms with Crippen LogP contribution in [0.2, 0.25) is 0 Å². The number of nitrogens with zero attached hydrogens (tertiary/aromatic N) is 2. The second-order valence-electron chi connectivity index (χ2n) is 8.03. The summed E-state index contributed by atoms with van der Waals surface area (Å²) in [6.07, 6.45) is 4.79. The van der Waals surface area contributed by atoms with E-state index in [1.54, 1.807) is 43.0 Å². The number of rotatable bonds is 8. The quantitative estimate of drug-likeness (QED) is 0.309. The Morgan fingerprint density at radius 3 is 2.74 bits per heavy atom. The van der Waals surface area contributed by atoms with Crippen molar-refractivity contribution in [1.29, 1.82) is 0 Å². The third kappa shape index (κ3) is 3.74. The molecular formula is C26H24N2O5S. The average Bonchev–Trinajstić information content (AvgIpc) is 3.49. The number of para-hydroxylation sites is 1. The zero-order chi connectivity index (χ0) is 23.7. The molecule has 0 saturated heterocycles. The van der Waals surface area contributed by atoms with Crippen molar-refractivity contribution < 1.29 is 18.7 Å². The molecule has 1 atom stereocenters. The van der Waals surface area contributed by atoms with Gasteiger partial charge in [-0.15, -0.1) is 11.3 Å². The molecule has 0 aliphatic carbocycles. The lowest BCUT2D eigenvalue weighted by Gasteiger charge is -2.23. The summed E-state index contributed by atoms with van der Waals surface area (Å²) in [4.78, 5) is 33.0. The average molecular weight is 477 g/mol. The van der Waals surface area contributed by atoms with Crippen LogP contribution < -0.4 is 19.8 Å². The number of carbonyl (C=O) groups is 1. The van der Waals surface area contributed by atoms with Gasteiger partial charge in [0, 0.05) is 11.6 Å². The molecule has 3 heterocycles. The van der Waals surface area contributed by atoms with E-state index < -0.39 is 11.9 Å². The molecule has 0 spiro atoms. The molecule has 0 unspecified atom stereocenters. The number of anilines is 1. The van der Waals surface area contributed by atoms with Crippen LogP contribution in [0, 0.1) is 0 Å². The Morgan fingerprint density at radius 1 is 1.12 bits per heavy atom. The normalized spacial score (nSPS) is 15.1. The van der Waals surface area contributed by atoms with Gasteiger partial charge in [0.1, 0.15) is 5.58 Å². The van der Waals surface area contributed by atoms with E-state index in [2.05, 4.69) is 11.9 Å². The molecule has 174 valence electrons. The van der Waals surface area contributed by atoms with Crippen LogP contribution in [-0.4, -0.2) is 24.6 Å². The first-order valence-electron chi connectivity index (χ1n) is 11.2. The van der Waals surface area contributed by atoms with Crippen molar-refractivity contribution in [2.45, 2.75) is 32.2 Å². The van der Waals surface area contributed by atoms with Gasteiger partial charge in [-0.05, 0) is 36.2 Å². The molecule has 1 aliphatic rings. The molecular weight excluding hydrogens is 452 g/mol. The van der Waals surface area contributed by atoms with Crippen molar-refractivity contribution in [2.75, 3.05) is 18.6 Å². The van der Waals surface area contributed by atoms with Gasteiger partial charge in [-0.3, -0.25) is 14.5 Å². The van der Waals surface area contributed by atoms with Gasteiger partial charge in [-0.1, -0.05) is 38.0 Å². The smallest absolute Gasteiger partial charge is 0.297 e. The van der Waals surface area contributed by atoms with Crippen LogP contribution in [-0.2, 0) is 0 Å². The number of carbonyl (C=O) groups excluding carboxylic acids is 1. The maximum absolute atomic E-state index is 13.6. The van der Waals surface area contributed by atoms with Crippen LogP contribution in [0.15, 0.2) is 63.3 Å². The highest BCUT2D eigenvalue weighted by Gasteiger charge is 2.45. The predicted molar refractivity (Wildman–Crippen MR) is 131 cm³/mol. The first-order chi connectivity index (χ1) is 16.6. The summed E-state index contributed by atoms with van der Waals surface area (Å²) >= 11 is 1.33. The van der Waals surface area contributed by atoms with E-state index in [1.807, 2.05) is 18.2 Å². The standard InChI is InChI=1S/C26H24N2O5S/c1-3-4-7-13-32-19-11-10-16(15-20(19)31-2)22-21-23(29)17-8-5-6-9-18(17)33-24(21)25(30)28(22)26-27-12-14-34-26/h5-6,8-12,14-15,22H,3-4,7,13H2,1-2H3/t22-/m1/s1. The van der Waals surface area contributed by atoms with Crippen molar-refractivity contribution in [3.8, 4) is 11.5 Å². The number of methoxy groups -OCH3 is 1. The Kier molecular flexibility index (Phi) is 6.06. The lowest BCUT2D eigenvalue weighted by Crippen LogP contribution is -2.29. The van der Waals surface area contributed by atoms with Gasteiger partial charge >= 0.3 is 0 Å². The number of ether oxygens (including phenoxy) is 2. The number of amides is 1. The zero-order valence-electron chi connectivity index (χ0n) is 18.9. The summed E-state index contributed by atoms with van der Waals surface area (Å²) in [7, 11) is 1.58. The van der Waals surface area contributed by atoms with Gasteiger partial charge < -0.3 is 13.9 Å². The van der Waals surface area contributed by atoms with E-state index >= 15 is 0 Å². The molecule has 5 rings (SSSR count). The summed E-state index contributed by atoms with van der Waals surface area (Å²) in [5, 5.41) is 2.72. The first-order valence-corrected chi connectivity index (χ1v) is 12.1. The number of hydrogen-bond acceptors (Lipinski definition) is 7. The Balaban J connectivity index is 1.64. The van der Waals surface area contributed by atoms with Crippen LogP contribution >= 0.6 is 11.3 Å². The van der Waals surface area contributed by atoms with Crippen LogP contribution in [0.4, 0.5) is 5.13 Å². The Hall–Kier alpha value is -3.65. The third-order valence-electron chi connectivity index (χ3n) is 5.91. The van der Waals surface area contributed by atoms with Crippen LogP contribution in [0.3, 0.4) is 0 Å². The zero-order valence-corrected chi connectivity index (χ0v) is 19.8. The van der Waals surface area contributed by atoms with Gasteiger partial charge in [-0.25, -0.2) is 4.98 Å². The lowest BCUT2D eigenvalue weighted by molar-refractivity contribution is 0.0971. The molecule has 1 aliphatic heterocycles. The van der Waals surface area contributed by atoms with Crippen LogP contribution in [0.1, 0.15) is 53.9 Å². The van der Waals surface area contributed by atoms with Crippen LogP contribution in [0.25, 0.3) is 11.0 Å². The third-order valence-corrected chi connectivity index (χ3v) is 6.68. The molecule has 0 N–H and O–H groups in total. The Labute approximate surface area is 200 Å². The highest BCUT2D eigenvalue weighted by Crippen LogP contribution is 2.43. The van der Waals surface area contributed by atoms with Crippen molar-refractivity contribution in [2.24, 2.45) is 0 Å². The van der Waals surface area contributed by atoms with E-state index in [-0.39, 0.29) is 11.2 Å². The highest BCUT2D eigenvalue weighted by atomic mass is 32.1. The Morgan fingerprint density at radius 2 is 1.97 bits per heavy atom. The van der Waals surface area contributed by atoms with E-state index in [0.29, 0.717) is 45.3 Å². The minimum absolute atomic E-state index is 0.0442.